The molecule has 1 aromatic carbocycles. The Kier molecular flexibility index (Phi) is 7.00. The first-order chi connectivity index (χ1) is 12.3. The van der Waals surface area contributed by atoms with Gasteiger partial charge in [0.05, 0.1) is 6.61 Å². The molecular formula is C19H26N2O5. The number of aliphatic carboxylic acids is 1. The summed E-state index contributed by atoms with van der Waals surface area (Å²) in [7, 11) is 0. The van der Waals surface area contributed by atoms with Crippen molar-refractivity contribution in [3.05, 3.63) is 23.8 Å². The van der Waals surface area contributed by atoms with E-state index in [0.717, 1.165) is 11.3 Å². The molecule has 1 heterocycles. The normalized spacial score (nSPS) is 13.1. The Bertz CT molecular complexity index is 672. The fourth-order valence-corrected chi connectivity index (χ4v) is 2.88. The molecular weight excluding hydrogens is 336 g/mol. The number of carbonyl (C=O) groups is 3. The number of hydrogen-bond donors (Lipinski definition) is 2. The van der Waals surface area contributed by atoms with Crippen LogP contribution < -0.4 is 10.1 Å². The second-order valence-corrected chi connectivity index (χ2v) is 6.88. The molecule has 0 aliphatic carbocycles. The zero-order valence-electron chi connectivity index (χ0n) is 15.3. The maximum Gasteiger partial charge on any atom is 0.323 e. The maximum atomic E-state index is 12.2. The Balaban J connectivity index is 1.79. The minimum absolute atomic E-state index is 0.0250. The van der Waals surface area contributed by atoms with Crippen LogP contribution in [0.1, 0.15) is 38.7 Å². The first kappa shape index (κ1) is 19.8. The molecule has 26 heavy (non-hydrogen) atoms. The van der Waals surface area contributed by atoms with Gasteiger partial charge >= 0.3 is 5.97 Å². The predicted molar refractivity (Wildman–Crippen MR) is 97.2 cm³/mol. The molecule has 1 aliphatic rings. The molecule has 0 unspecified atom stereocenters. The van der Waals surface area contributed by atoms with Crippen LogP contribution in [0.4, 0.5) is 5.69 Å². The van der Waals surface area contributed by atoms with E-state index in [1.54, 1.807) is 6.07 Å². The molecule has 0 aromatic heterocycles. The summed E-state index contributed by atoms with van der Waals surface area (Å²) in [6.45, 7) is 4.43. The standard InChI is InChI=1S/C19H26N2O5/c1-13(2)11-21(12-19(24)25)18(23)4-3-9-26-15-6-7-16-14(10-15)5-8-17(22)20-16/h6-7,10,13H,3-5,8-9,11-12H2,1-2H3,(H,20,22)(H,24,25). The van der Waals surface area contributed by atoms with Crippen LogP contribution in [0, 0.1) is 5.92 Å². The van der Waals surface area contributed by atoms with Gasteiger partial charge in [-0.15, -0.1) is 0 Å². The average molecular weight is 362 g/mol. The van der Waals surface area contributed by atoms with Crippen molar-refractivity contribution >= 4 is 23.5 Å². The third kappa shape index (κ3) is 6.06. The molecule has 2 amide bonds. The molecule has 0 fully saturated rings. The molecule has 0 bridgehead atoms. The quantitative estimate of drug-likeness (QED) is 0.657. The van der Waals surface area contributed by atoms with E-state index in [9.17, 15) is 14.4 Å². The summed E-state index contributed by atoms with van der Waals surface area (Å²) in [5, 5.41) is 11.8. The molecule has 142 valence electrons. The van der Waals surface area contributed by atoms with Crippen LogP contribution in [0.5, 0.6) is 5.75 Å². The second kappa shape index (κ2) is 9.22. The second-order valence-electron chi connectivity index (χ2n) is 6.88. The number of carboxylic acids is 1. The molecule has 7 nitrogen and oxygen atoms in total. The Morgan fingerprint density at radius 1 is 1.31 bits per heavy atom. The van der Waals surface area contributed by atoms with Crippen LogP contribution in [-0.4, -0.2) is 47.5 Å². The van der Waals surface area contributed by atoms with Gasteiger partial charge in [0, 0.05) is 25.1 Å². The summed E-state index contributed by atoms with van der Waals surface area (Å²) >= 11 is 0. The highest BCUT2D eigenvalue weighted by Gasteiger charge is 2.18. The molecule has 1 aliphatic heterocycles. The van der Waals surface area contributed by atoms with Crippen LogP contribution in [0.2, 0.25) is 0 Å². The fourth-order valence-electron chi connectivity index (χ4n) is 2.88. The Labute approximate surface area is 153 Å². The molecule has 1 aromatic rings. The third-order valence-corrected chi connectivity index (χ3v) is 4.04. The lowest BCUT2D eigenvalue weighted by atomic mass is 10.0. The maximum absolute atomic E-state index is 12.2. The number of benzene rings is 1. The van der Waals surface area contributed by atoms with Gasteiger partial charge in [-0.2, -0.15) is 0 Å². The lowest BCUT2D eigenvalue weighted by Crippen LogP contribution is -2.38. The third-order valence-electron chi connectivity index (χ3n) is 4.04. The van der Waals surface area contributed by atoms with Crippen molar-refractivity contribution < 1.29 is 24.2 Å². The highest BCUT2D eigenvalue weighted by atomic mass is 16.5. The number of aryl methyl sites for hydroxylation is 1. The van der Waals surface area contributed by atoms with E-state index >= 15 is 0 Å². The van der Waals surface area contributed by atoms with Gasteiger partial charge in [0.2, 0.25) is 11.8 Å². The Morgan fingerprint density at radius 3 is 2.77 bits per heavy atom. The van der Waals surface area contributed by atoms with Gasteiger partial charge in [-0.05, 0) is 42.5 Å². The van der Waals surface area contributed by atoms with Crippen LogP contribution >= 0.6 is 0 Å². The van der Waals surface area contributed by atoms with E-state index in [1.807, 2.05) is 26.0 Å². The van der Waals surface area contributed by atoms with Crippen molar-refractivity contribution in [2.45, 2.75) is 39.5 Å². The van der Waals surface area contributed by atoms with E-state index in [4.69, 9.17) is 9.84 Å². The summed E-state index contributed by atoms with van der Waals surface area (Å²) in [4.78, 5) is 35.9. The molecule has 2 rings (SSSR count). The van der Waals surface area contributed by atoms with Crippen molar-refractivity contribution in [1.29, 1.82) is 0 Å². The van der Waals surface area contributed by atoms with Gasteiger partial charge in [-0.1, -0.05) is 13.8 Å². The van der Waals surface area contributed by atoms with Crippen molar-refractivity contribution in [1.82, 2.24) is 4.90 Å². The van der Waals surface area contributed by atoms with Gasteiger partial charge in [0.25, 0.3) is 0 Å². The van der Waals surface area contributed by atoms with Crippen LogP contribution in [0.3, 0.4) is 0 Å². The highest BCUT2D eigenvalue weighted by Crippen LogP contribution is 2.26. The monoisotopic (exact) mass is 362 g/mol. The SMILES string of the molecule is CC(C)CN(CC(=O)O)C(=O)CCCOc1ccc2c(c1)CCC(=O)N2. The molecule has 0 radical (unpaired) electrons. The lowest BCUT2D eigenvalue weighted by Gasteiger charge is -2.22. The minimum Gasteiger partial charge on any atom is -0.494 e. The van der Waals surface area contributed by atoms with Crippen molar-refractivity contribution in [3.8, 4) is 5.75 Å². The summed E-state index contributed by atoms with van der Waals surface area (Å²) < 4.78 is 5.69. The van der Waals surface area contributed by atoms with Gasteiger partial charge in [-0.25, -0.2) is 0 Å². The Hall–Kier alpha value is -2.57. The summed E-state index contributed by atoms with van der Waals surface area (Å²) in [6.07, 6.45) is 1.93. The van der Waals surface area contributed by atoms with Crippen molar-refractivity contribution in [2.75, 3.05) is 25.0 Å². The number of nitrogens with zero attached hydrogens (tertiary/aromatic N) is 1. The number of nitrogens with one attached hydrogen (secondary N) is 1. The topological polar surface area (TPSA) is 95.9 Å². The molecule has 2 N–H and O–H groups in total. The fraction of sp³-hybridized carbons (Fsp3) is 0.526. The zero-order chi connectivity index (χ0) is 19.1. The average Bonchev–Trinajstić information content (AvgIpc) is 2.57. The van der Waals surface area contributed by atoms with Crippen molar-refractivity contribution in [3.63, 3.8) is 0 Å². The van der Waals surface area contributed by atoms with Gasteiger partial charge in [0.1, 0.15) is 12.3 Å². The van der Waals surface area contributed by atoms with Crippen LogP contribution in [-0.2, 0) is 20.8 Å². The number of hydrogen-bond acceptors (Lipinski definition) is 4. The van der Waals surface area contributed by atoms with Crippen LogP contribution in [0.15, 0.2) is 18.2 Å². The first-order valence-electron chi connectivity index (χ1n) is 8.90. The number of rotatable bonds is 9. The highest BCUT2D eigenvalue weighted by molar-refractivity contribution is 5.94. The predicted octanol–water partition coefficient (Wildman–Crippen LogP) is 2.30. The Morgan fingerprint density at radius 2 is 2.08 bits per heavy atom. The summed E-state index contributed by atoms with van der Waals surface area (Å²) in [5.41, 5.74) is 1.87. The van der Waals surface area contributed by atoms with Gasteiger partial charge < -0.3 is 20.1 Å². The number of anilines is 1. The molecule has 0 saturated carbocycles. The lowest BCUT2D eigenvalue weighted by molar-refractivity contribution is -0.144. The smallest absolute Gasteiger partial charge is 0.323 e. The molecule has 7 heteroatoms. The van der Waals surface area contributed by atoms with E-state index in [2.05, 4.69) is 5.32 Å². The zero-order valence-corrected chi connectivity index (χ0v) is 15.3. The first-order valence-corrected chi connectivity index (χ1v) is 8.90. The van der Waals surface area contributed by atoms with Gasteiger partial charge in [0.15, 0.2) is 0 Å². The van der Waals surface area contributed by atoms with E-state index < -0.39 is 5.97 Å². The number of amides is 2. The molecule has 0 saturated heterocycles. The molecule has 0 spiro atoms. The summed E-state index contributed by atoms with van der Waals surface area (Å²) in [5.74, 6) is -0.228. The number of carbonyl (C=O) groups excluding carboxylic acids is 2. The van der Waals surface area contributed by atoms with E-state index in [-0.39, 0.29) is 30.7 Å². The van der Waals surface area contributed by atoms with Gasteiger partial charge in [-0.3, -0.25) is 14.4 Å². The summed E-state index contributed by atoms with van der Waals surface area (Å²) in [6, 6.07) is 5.53. The number of ether oxygens (including phenoxy) is 1. The van der Waals surface area contributed by atoms with E-state index in [1.165, 1.54) is 4.90 Å². The van der Waals surface area contributed by atoms with Crippen LogP contribution in [0.25, 0.3) is 0 Å². The van der Waals surface area contributed by atoms with E-state index in [0.29, 0.717) is 38.2 Å². The minimum atomic E-state index is -1.00. The molecule has 0 atom stereocenters. The number of fused-ring (bicyclic) bond motifs is 1. The number of carboxylic acid groups (broad SMARTS) is 1. The van der Waals surface area contributed by atoms with Crippen molar-refractivity contribution in [2.24, 2.45) is 5.92 Å². The largest absolute Gasteiger partial charge is 0.494 e.